The van der Waals surface area contributed by atoms with E-state index < -0.39 is 0 Å². The normalized spacial score (nSPS) is 13.6. The Bertz CT molecular complexity index is 523. The first-order chi connectivity index (χ1) is 8.39. The summed E-state index contributed by atoms with van der Waals surface area (Å²) in [6, 6.07) is 10.3. The largest absolute Gasteiger partial charge is 0.322 e. The Morgan fingerprint density at radius 1 is 1.17 bits per heavy atom. The van der Waals surface area contributed by atoms with E-state index in [-0.39, 0.29) is 11.5 Å². The van der Waals surface area contributed by atoms with Crippen LogP contribution in [0.25, 0.3) is 11.3 Å². The third-order valence-electron chi connectivity index (χ3n) is 3.06. The second-order valence-electron chi connectivity index (χ2n) is 5.67. The molecule has 0 saturated heterocycles. The van der Waals surface area contributed by atoms with Crippen molar-refractivity contribution in [3.05, 3.63) is 40.2 Å². The van der Waals surface area contributed by atoms with Crippen molar-refractivity contribution in [3.63, 3.8) is 0 Å². The summed E-state index contributed by atoms with van der Waals surface area (Å²) >= 11 is 1.71. The zero-order valence-electron chi connectivity index (χ0n) is 11.4. The monoisotopic (exact) mass is 260 g/mol. The molecule has 0 amide bonds. The lowest BCUT2D eigenvalue weighted by Gasteiger charge is -2.24. The lowest BCUT2D eigenvalue weighted by atomic mass is 9.88. The number of nitrogens with zero attached hydrogens (tertiary/aromatic N) is 1. The third-order valence-corrected chi connectivity index (χ3v) is 4.11. The molecule has 0 aliphatic rings. The fourth-order valence-corrected chi connectivity index (χ4v) is 2.98. The lowest BCUT2D eigenvalue weighted by molar-refractivity contribution is 0.326. The van der Waals surface area contributed by atoms with E-state index in [0.29, 0.717) is 0 Å². The number of nitrogens with two attached hydrogens (primary N) is 1. The van der Waals surface area contributed by atoms with Crippen LogP contribution >= 0.6 is 11.3 Å². The minimum Gasteiger partial charge on any atom is -0.322 e. The van der Waals surface area contributed by atoms with Gasteiger partial charge in [0.1, 0.15) is 5.01 Å². The van der Waals surface area contributed by atoms with Gasteiger partial charge in [0.2, 0.25) is 0 Å². The van der Waals surface area contributed by atoms with Gasteiger partial charge in [0, 0.05) is 10.4 Å². The van der Waals surface area contributed by atoms with Crippen molar-refractivity contribution in [2.24, 2.45) is 11.1 Å². The zero-order valence-corrected chi connectivity index (χ0v) is 12.2. The Balaban J connectivity index is 2.40. The van der Waals surface area contributed by atoms with Crippen LogP contribution in [0.15, 0.2) is 30.3 Å². The quantitative estimate of drug-likeness (QED) is 0.880. The Kier molecular flexibility index (Phi) is 3.55. The average Bonchev–Trinajstić information content (AvgIpc) is 2.70. The summed E-state index contributed by atoms with van der Waals surface area (Å²) in [5.74, 6) is 0. The molecule has 0 radical (unpaired) electrons. The fourth-order valence-electron chi connectivity index (χ4n) is 1.78. The van der Waals surface area contributed by atoms with Crippen LogP contribution in [0, 0.1) is 12.3 Å². The minimum atomic E-state index is -0.0151. The average molecular weight is 260 g/mol. The zero-order chi connectivity index (χ0) is 13.3. The summed E-state index contributed by atoms with van der Waals surface area (Å²) in [7, 11) is 0. The Morgan fingerprint density at radius 2 is 1.78 bits per heavy atom. The summed E-state index contributed by atoms with van der Waals surface area (Å²) in [4.78, 5) is 5.97. The maximum absolute atomic E-state index is 6.28. The molecule has 2 nitrogen and oxygen atoms in total. The molecule has 1 atom stereocenters. The summed E-state index contributed by atoms with van der Waals surface area (Å²) in [6.07, 6.45) is 0. The first-order valence-corrected chi connectivity index (χ1v) is 6.99. The van der Waals surface area contributed by atoms with Gasteiger partial charge in [0.05, 0.1) is 11.7 Å². The molecule has 0 spiro atoms. The van der Waals surface area contributed by atoms with Gasteiger partial charge in [-0.1, -0.05) is 51.1 Å². The van der Waals surface area contributed by atoms with Gasteiger partial charge in [-0.15, -0.1) is 11.3 Å². The number of aryl methyl sites for hydroxylation is 1. The van der Waals surface area contributed by atoms with Crippen molar-refractivity contribution in [3.8, 4) is 11.3 Å². The van der Waals surface area contributed by atoms with Crippen LogP contribution < -0.4 is 5.73 Å². The molecular formula is C15H20N2S. The fraction of sp³-hybridized carbons (Fsp3) is 0.400. The number of aromatic nitrogens is 1. The lowest BCUT2D eigenvalue weighted by Crippen LogP contribution is -2.26. The molecule has 0 aliphatic heterocycles. The molecule has 0 fully saturated rings. The van der Waals surface area contributed by atoms with Gasteiger partial charge in [0.25, 0.3) is 0 Å². The van der Waals surface area contributed by atoms with E-state index in [0.717, 1.165) is 10.7 Å². The third kappa shape index (κ3) is 2.62. The van der Waals surface area contributed by atoms with Crippen molar-refractivity contribution in [2.45, 2.75) is 33.7 Å². The predicted octanol–water partition coefficient (Wildman–Crippen LogP) is 4.16. The predicted molar refractivity (Wildman–Crippen MR) is 78.7 cm³/mol. The van der Waals surface area contributed by atoms with E-state index in [1.807, 2.05) is 18.2 Å². The smallest absolute Gasteiger partial charge is 0.111 e. The molecule has 96 valence electrons. The summed E-state index contributed by atoms with van der Waals surface area (Å²) in [6.45, 7) is 8.56. The topological polar surface area (TPSA) is 38.9 Å². The van der Waals surface area contributed by atoms with E-state index in [9.17, 15) is 0 Å². The van der Waals surface area contributed by atoms with Crippen LogP contribution in [-0.2, 0) is 0 Å². The number of rotatable bonds is 2. The van der Waals surface area contributed by atoms with Crippen molar-refractivity contribution < 1.29 is 0 Å². The van der Waals surface area contributed by atoms with E-state index >= 15 is 0 Å². The van der Waals surface area contributed by atoms with Gasteiger partial charge in [-0.25, -0.2) is 4.98 Å². The molecule has 0 bridgehead atoms. The first-order valence-electron chi connectivity index (χ1n) is 6.18. The molecule has 2 N–H and O–H groups in total. The van der Waals surface area contributed by atoms with Crippen LogP contribution in [0.2, 0.25) is 0 Å². The molecule has 0 saturated carbocycles. The highest BCUT2D eigenvalue weighted by atomic mass is 32.1. The van der Waals surface area contributed by atoms with Gasteiger partial charge < -0.3 is 5.73 Å². The number of hydrogen-bond donors (Lipinski definition) is 1. The van der Waals surface area contributed by atoms with Gasteiger partial charge in [-0.2, -0.15) is 0 Å². The highest BCUT2D eigenvalue weighted by Gasteiger charge is 2.26. The molecule has 2 rings (SSSR count). The van der Waals surface area contributed by atoms with Crippen LogP contribution in [0.5, 0.6) is 0 Å². The van der Waals surface area contributed by atoms with Gasteiger partial charge in [-0.05, 0) is 12.3 Å². The number of thiazole rings is 1. The molecule has 18 heavy (non-hydrogen) atoms. The SMILES string of the molecule is Cc1sc(C(N)C(C)(C)C)nc1-c1ccccc1. The first kappa shape index (κ1) is 13.2. The molecular weight excluding hydrogens is 240 g/mol. The van der Waals surface area contributed by atoms with Gasteiger partial charge in [0.15, 0.2) is 0 Å². The maximum Gasteiger partial charge on any atom is 0.111 e. The van der Waals surface area contributed by atoms with Crippen molar-refractivity contribution in [1.82, 2.24) is 4.98 Å². The number of hydrogen-bond acceptors (Lipinski definition) is 3. The Labute approximate surface area is 113 Å². The van der Waals surface area contributed by atoms with Crippen molar-refractivity contribution in [2.75, 3.05) is 0 Å². The Morgan fingerprint density at radius 3 is 2.33 bits per heavy atom. The highest BCUT2D eigenvalue weighted by molar-refractivity contribution is 7.12. The van der Waals surface area contributed by atoms with E-state index in [1.54, 1.807) is 11.3 Å². The van der Waals surface area contributed by atoms with Crippen molar-refractivity contribution >= 4 is 11.3 Å². The molecule has 1 heterocycles. The van der Waals surface area contributed by atoms with Crippen LogP contribution in [0.3, 0.4) is 0 Å². The molecule has 1 aromatic carbocycles. The van der Waals surface area contributed by atoms with Crippen LogP contribution in [0.4, 0.5) is 0 Å². The molecule has 2 aromatic rings. The van der Waals surface area contributed by atoms with Crippen LogP contribution in [0.1, 0.15) is 36.7 Å². The summed E-state index contributed by atoms with van der Waals surface area (Å²) < 4.78 is 0. The van der Waals surface area contributed by atoms with E-state index in [4.69, 9.17) is 10.7 Å². The molecule has 1 aromatic heterocycles. The van der Waals surface area contributed by atoms with E-state index in [2.05, 4.69) is 39.8 Å². The molecule has 1 unspecified atom stereocenters. The molecule has 3 heteroatoms. The minimum absolute atomic E-state index is 0.0151. The standard InChI is InChI=1S/C15H20N2S/c1-10-12(11-8-6-5-7-9-11)17-14(18-10)13(16)15(2,3)4/h5-9,13H,16H2,1-4H3. The van der Waals surface area contributed by atoms with Gasteiger partial charge >= 0.3 is 0 Å². The number of benzene rings is 1. The Hall–Kier alpha value is -1.19. The van der Waals surface area contributed by atoms with Crippen molar-refractivity contribution in [1.29, 1.82) is 0 Å². The summed E-state index contributed by atoms with van der Waals surface area (Å²) in [5, 5.41) is 1.03. The second-order valence-corrected chi connectivity index (χ2v) is 6.90. The van der Waals surface area contributed by atoms with Crippen LogP contribution in [-0.4, -0.2) is 4.98 Å². The molecule has 0 aliphatic carbocycles. The maximum atomic E-state index is 6.28. The van der Waals surface area contributed by atoms with Gasteiger partial charge in [-0.3, -0.25) is 0 Å². The van der Waals surface area contributed by atoms with E-state index in [1.165, 1.54) is 10.4 Å². The second kappa shape index (κ2) is 4.82. The summed E-state index contributed by atoms with van der Waals surface area (Å²) in [5.41, 5.74) is 8.55. The highest BCUT2D eigenvalue weighted by Crippen LogP contribution is 2.36.